The Bertz CT molecular complexity index is 805. The van der Waals surface area contributed by atoms with E-state index in [-0.39, 0.29) is 29.1 Å². The molecule has 0 spiro atoms. The molecule has 0 radical (unpaired) electrons. The minimum Gasteiger partial charge on any atom is -0.373 e. The van der Waals surface area contributed by atoms with Gasteiger partial charge in [-0.2, -0.15) is 12.6 Å². The molecule has 4 N–H and O–H groups in total. The number of amides is 1. The summed E-state index contributed by atoms with van der Waals surface area (Å²) in [5, 5.41) is 5.85. The van der Waals surface area contributed by atoms with Gasteiger partial charge in [0.05, 0.1) is 11.8 Å². The zero-order chi connectivity index (χ0) is 19.6. The van der Waals surface area contributed by atoms with Gasteiger partial charge in [0.15, 0.2) is 5.11 Å². The number of anilines is 2. The number of halogens is 1. The van der Waals surface area contributed by atoms with Crippen molar-refractivity contribution in [2.24, 2.45) is 0 Å². The van der Waals surface area contributed by atoms with Crippen LogP contribution in [0.2, 0.25) is 0 Å². The third kappa shape index (κ3) is 8.42. The molecule has 1 amide bonds. The molecule has 0 aliphatic carbocycles. The molecule has 0 fully saturated rings. The lowest BCUT2D eigenvalue weighted by Crippen LogP contribution is -2.44. The molecule has 0 bridgehead atoms. The summed E-state index contributed by atoms with van der Waals surface area (Å²) >= 11 is 12.8. The quantitative estimate of drug-likeness (QED) is 0.141. The summed E-state index contributed by atoms with van der Waals surface area (Å²) in [6.07, 6.45) is -0.147. The summed E-state index contributed by atoms with van der Waals surface area (Å²) in [7, 11) is 0. The average Bonchev–Trinajstić information content (AvgIpc) is 2.60. The predicted octanol–water partition coefficient (Wildman–Crippen LogP) is 3.48. The Labute approximate surface area is 177 Å². The first-order valence-electron chi connectivity index (χ1n) is 8.05. The minimum absolute atomic E-state index is 0.117. The maximum atomic E-state index is 12.0. The number of para-hydroxylation sites is 1. The molecule has 0 saturated carbocycles. The largest absolute Gasteiger partial charge is 0.373 e. The first-order valence-corrected chi connectivity index (χ1v) is 9.77. The van der Waals surface area contributed by atoms with Crippen LogP contribution in [0.15, 0.2) is 59.1 Å². The number of benzene rings is 2. The molecule has 0 aliphatic rings. The van der Waals surface area contributed by atoms with Crippen LogP contribution >= 0.6 is 40.8 Å². The number of carbonyl (C=O) groups excluding carboxylic acids is 2. The molecule has 27 heavy (non-hydrogen) atoms. The van der Waals surface area contributed by atoms with E-state index in [2.05, 4.69) is 50.0 Å². The number of hydrazine groups is 1. The van der Waals surface area contributed by atoms with E-state index in [9.17, 15) is 9.59 Å². The molecular formula is C18H19BrN4O2S2. The molecule has 0 heterocycles. The molecule has 1 atom stereocenters. The third-order valence-corrected chi connectivity index (χ3v) is 4.29. The summed E-state index contributed by atoms with van der Waals surface area (Å²) in [6, 6.07) is 16.8. The highest BCUT2D eigenvalue weighted by molar-refractivity contribution is 9.10. The lowest BCUT2D eigenvalue weighted by molar-refractivity contribution is -0.128. The Balaban J connectivity index is 1.68. The predicted molar refractivity (Wildman–Crippen MR) is 119 cm³/mol. The van der Waals surface area contributed by atoms with Crippen molar-refractivity contribution in [1.82, 2.24) is 10.9 Å². The number of hydrogen-bond acceptors (Lipinski definition) is 5. The van der Waals surface area contributed by atoms with E-state index in [1.165, 1.54) is 0 Å². The van der Waals surface area contributed by atoms with Gasteiger partial charge in [0.2, 0.25) is 5.91 Å². The number of Topliss-reactive ketones (excluding diaryl/α,β-unsaturated/α-hetero) is 1. The van der Waals surface area contributed by atoms with Crippen LogP contribution in [0.5, 0.6) is 0 Å². The van der Waals surface area contributed by atoms with Crippen molar-refractivity contribution in [1.29, 1.82) is 0 Å². The number of nitrogens with one attached hydrogen (secondary N) is 4. The van der Waals surface area contributed by atoms with Crippen molar-refractivity contribution in [2.45, 2.75) is 18.2 Å². The van der Waals surface area contributed by atoms with Crippen LogP contribution in [0.3, 0.4) is 0 Å². The van der Waals surface area contributed by atoms with Gasteiger partial charge in [0, 0.05) is 22.3 Å². The maximum absolute atomic E-state index is 12.0. The minimum atomic E-state index is -0.473. The fraction of sp³-hybridized carbons (Fsp3) is 0.167. The molecule has 0 aromatic heterocycles. The number of hydrogen-bond donors (Lipinski definition) is 5. The van der Waals surface area contributed by atoms with Gasteiger partial charge in [-0.15, -0.1) is 0 Å². The molecule has 6 nitrogen and oxygen atoms in total. The molecular weight excluding hydrogens is 448 g/mol. The first-order chi connectivity index (χ1) is 12.9. The number of thiocarbonyl (C=S) groups is 1. The molecule has 2 aromatic carbocycles. The number of ketones is 1. The Morgan fingerprint density at radius 2 is 1.74 bits per heavy atom. The van der Waals surface area contributed by atoms with Gasteiger partial charge in [0.1, 0.15) is 5.78 Å². The maximum Gasteiger partial charge on any atom is 0.245 e. The van der Waals surface area contributed by atoms with Gasteiger partial charge >= 0.3 is 0 Å². The Morgan fingerprint density at radius 3 is 2.44 bits per heavy atom. The van der Waals surface area contributed by atoms with Crippen molar-refractivity contribution in [3.8, 4) is 0 Å². The van der Waals surface area contributed by atoms with E-state index in [1.54, 1.807) is 0 Å². The average molecular weight is 467 g/mol. The number of thiol groups is 1. The summed E-state index contributed by atoms with van der Waals surface area (Å²) in [6.45, 7) is 0. The van der Waals surface area contributed by atoms with Crippen molar-refractivity contribution in [2.75, 3.05) is 10.6 Å². The van der Waals surface area contributed by atoms with Crippen LogP contribution in [0.1, 0.15) is 12.8 Å². The van der Waals surface area contributed by atoms with Crippen LogP contribution in [0, 0.1) is 0 Å². The zero-order valence-electron chi connectivity index (χ0n) is 14.2. The van der Waals surface area contributed by atoms with Gasteiger partial charge < -0.3 is 10.6 Å². The lowest BCUT2D eigenvalue weighted by Gasteiger charge is -2.14. The highest BCUT2D eigenvalue weighted by Gasteiger charge is 2.14. The van der Waals surface area contributed by atoms with E-state index in [0.29, 0.717) is 0 Å². The molecule has 142 valence electrons. The molecule has 0 aliphatic heterocycles. The molecule has 2 rings (SSSR count). The third-order valence-electron chi connectivity index (χ3n) is 3.28. The van der Waals surface area contributed by atoms with E-state index in [0.717, 1.165) is 15.8 Å². The molecule has 0 saturated heterocycles. The Hall–Kier alpha value is -2.10. The van der Waals surface area contributed by atoms with E-state index < -0.39 is 5.91 Å². The summed E-state index contributed by atoms with van der Waals surface area (Å²) in [5.74, 6) is -0.706. The van der Waals surface area contributed by atoms with Gasteiger partial charge in [-0.25, -0.2) is 0 Å². The standard InChI is InChI=1S/C18H19BrN4O2S2/c19-12-5-4-8-14(9-12)21-18(27)23-22-16(25)10-15(24)11-17(26)20-13-6-2-1-3-7-13/h1-9,17,20,26H,10-11H2,(H,22,25)(H2,21,23,27). The Morgan fingerprint density at radius 1 is 1.04 bits per heavy atom. The van der Waals surface area contributed by atoms with Crippen molar-refractivity contribution >= 4 is 69.0 Å². The highest BCUT2D eigenvalue weighted by atomic mass is 79.9. The normalized spacial score (nSPS) is 11.2. The monoisotopic (exact) mass is 466 g/mol. The summed E-state index contributed by atoms with van der Waals surface area (Å²) < 4.78 is 0.898. The van der Waals surface area contributed by atoms with Crippen LogP contribution in [-0.4, -0.2) is 22.2 Å². The summed E-state index contributed by atoms with van der Waals surface area (Å²) in [5.41, 5.74) is 6.59. The fourth-order valence-electron chi connectivity index (χ4n) is 2.14. The first kappa shape index (κ1) is 21.2. The van der Waals surface area contributed by atoms with Gasteiger partial charge in [-0.05, 0) is 42.5 Å². The number of carbonyl (C=O) groups is 2. The van der Waals surface area contributed by atoms with E-state index in [4.69, 9.17) is 12.2 Å². The van der Waals surface area contributed by atoms with E-state index in [1.807, 2.05) is 54.6 Å². The molecule has 1 unspecified atom stereocenters. The second-order valence-electron chi connectivity index (χ2n) is 5.58. The van der Waals surface area contributed by atoms with Crippen LogP contribution in [-0.2, 0) is 9.59 Å². The topological polar surface area (TPSA) is 82.3 Å². The van der Waals surface area contributed by atoms with Crippen molar-refractivity contribution in [3.05, 3.63) is 59.1 Å². The second kappa shape index (κ2) is 10.9. The van der Waals surface area contributed by atoms with Gasteiger partial charge in [0.25, 0.3) is 0 Å². The van der Waals surface area contributed by atoms with E-state index >= 15 is 0 Å². The smallest absolute Gasteiger partial charge is 0.245 e. The van der Waals surface area contributed by atoms with Gasteiger partial charge in [-0.3, -0.25) is 20.4 Å². The highest BCUT2D eigenvalue weighted by Crippen LogP contribution is 2.15. The van der Waals surface area contributed by atoms with Crippen molar-refractivity contribution < 1.29 is 9.59 Å². The van der Waals surface area contributed by atoms with Crippen LogP contribution < -0.4 is 21.5 Å². The molecule has 2 aromatic rings. The van der Waals surface area contributed by atoms with Crippen LogP contribution in [0.4, 0.5) is 11.4 Å². The summed E-state index contributed by atoms with van der Waals surface area (Å²) in [4.78, 5) is 23.9. The Kier molecular flexibility index (Phi) is 8.56. The zero-order valence-corrected chi connectivity index (χ0v) is 17.5. The lowest BCUT2D eigenvalue weighted by atomic mass is 10.2. The van der Waals surface area contributed by atoms with Crippen molar-refractivity contribution in [3.63, 3.8) is 0 Å². The SMILES string of the molecule is O=C(CC(=O)NNC(=S)Nc1cccc(Br)c1)CC(S)Nc1ccccc1. The molecule has 9 heteroatoms. The van der Waals surface area contributed by atoms with Crippen LogP contribution in [0.25, 0.3) is 0 Å². The second-order valence-corrected chi connectivity index (χ2v) is 7.53. The number of rotatable bonds is 7. The van der Waals surface area contributed by atoms with Gasteiger partial charge in [-0.1, -0.05) is 40.2 Å². The fourth-order valence-corrected chi connectivity index (χ4v) is 3.06.